The van der Waals surface area contributed by atoms with E-state index in [1.165, 1.54) is 6.92 Å². The van der Waals surface area contributed by atoms with Crippen LogP contribution in [0.2, 0.25) is 10.0 Å². The van der Waals surface area contributed by atoms with Crippen LogP contribution in [-0.2, 0) is 23.9 Å². The predicted molar refractivity (Wildman–Crippen MR) is 255 cm³/mol. The van der Waals surface area contributed by atoms with Crippen molar-refractivity contribution in [2.24, 2.45) is 5.73 Å². The topological polar surface area (TPSA) is 235 Å². The molecule has 0 aliphatic heterocycles. The summed E-state index contributed by atoms with van der Waals surface area (Å²) < 4.78 is 4.50. The third kappa shape index (κ3) is 15.1. The molecule has 4 aromatic carbocycles. The monoisotopic (exact) mass is 931 g/mol. The summed E-state index contributed by atoms with van der Waals surface area (Å²) >= 11 is 12.7. The van der Waals surface area contributed by atoms with Crippen molar-refractivity contribution in [2.75, 3.05) is 19.6 Å². The van der Waals surface area contributed by atoms with Gasteiger partial charge in [0.1, 0.15) is 17.2 Å². The highest BCUT2D eigenvalue weighted by molar-refractivity contribution is 6.34. The van der Waals surface area contributed by atoms with Crippen molar-refractivity contribution >= 4 is 79.9 Å². The zero-order valence-corrected chi connectivity index (χ0v) is 38.2. The molecule has 1 fully saturated rings. The number of aromatic nitrogens is 2. The number of rotatable bonds is 15. The maximum atomic E-state index is 12.6. The SMILES string of the molecule is CC(=O)CCCCCNC(=O)c1cc2ccccc2c(-c2ccccc2Cl)n1.CC(=O)OC1C(=O)CCC1=O.N#N.NCCCCNC(=O)c1cc2ccccc2c(-c2ccccc2Cl)n1. The lowest BCUT2D eigenvalue weighted by Gasteiger charge is -2.11. The summed E-state index contributed by atoms with van der Waals surface area (Å²) in [6.45, 7) is 4.56. The fourth-order valence-corrected chi connectivity index (χ4v) is 7.31. The van der Waals surface area contributed by atoms with Gasteiger partial charge in [0.25, 0.3) is 11.8 Å². The normalized spacial score (nSPS) is 11.9. The highest BCUT2D eigenvalue weighted by atomic mass is 35.5. The van der Waals surface area contributed by atoms with Gasteiger partial charge in [0.2, 0.25) is 6.10 Å². The Hall–Kier alpha value is -6.92. The van der Waals surface area contributed by atoms with Crippen LogP contribution in [0.15, 0.2) is 109 Å². The third-order valence-corrected chi connectivity index (χ3v) is 10.8. The third-order valence-electron chi connectivity index (χ3n) is 10.1. The number of amides is 2. The van der Waals surface area contributed by atoms with Crippen molar-refractivity contribution in [1.29, 1.82) is 10.8 Å². The molecule has 342 valence electrons. The zero-order valence-electron chi connectivity index (χ0n) is 36.7. The lowest BCUT2D eigenvalue weighted by molar-refractivity contribution is -0.155. The first-order chi connectivity index (χ1) is 31.9. The molecule has 1 aliphatic carbocycles. The van der Waals surface area contributed by atoms with Crippen LogP contribution < -0.4 is 16.4 Å². The molecule has 66 heavy (non-hydrogen) atoms. The molecule has 6 aromatic rings. The predicted octanol–water partition coefficient (Wildman–Crippen LogP) is 9.34. The minimum atomic E-state index is -1.10. The van der Waals surface area contributed by atoms with E-state index in [0.717, 1.165) is 70.5 Å². The summed E-state index contributed by atoms with van der Waals surface area (Å²) in [5, 5.41) is 22.9. The Kier molecular flexibility index (Phi) is 21.0. The summed E-state index contributed by atoms with van der Waals surface area (Å²) in [6, 6.07) is 34.4. The highest BCUT2D eigenvalue weighted by Gasteiger charge is 2.35. The fourth-order valence-electron chi connectivity index (χ4n) is 6.86. The first-order valence-corrected chi connectivity index (χ1v) is 22.1. The second-order valence-corrected chi connectivity index (χ2v) is 15.9. The molecular formula is C50H51Cl2N7O7. The molecule has 0 unspecified atom stereocenters. The minimum Gasteiger partial charge on any atom is -0.446 e. The van der Waals surface area contributed by atoms with Crippen LogP contribution in [0.5, 0.6) is 0 Å². The number of nitrogens with zero attached hydrogens (tertiary/aromatic N) is 4. The molecule has 16 heteroatoms. The van der Waals surface area contributed by atoms with E-state index >= 15 is 0 Å². The molecule has 2 heterocycles. The number of pyridine rings is 2. The molecule has 1 saturated carbocycles. The van der Waals surface area contributed by atoms with E-state index in [2.05, 4.69) is 25.3 Å². The number of benzene rings is 4. The zero-order chi connectivity index (χ0) is 48.0. The number of carbonyl (C=O) groups excluding carboxylic acids is 6. The molecule has 14 nitrogen and oxygen atoms in total. The van der Waals surface area contributed by atoms with Crippen LogP contribution in [0, 0.1) is 10.8 Å². The van der Waals surface area contributed by atoms with Gasteiger partial charge in [-0.1, -0.05) is 115 Å². The minimum absolute atomic E-state index is 0.184. The fraction of sp³-hybridized carbons (Fsp3) is 0.280. The first-order valence-electron chi connectivity index (χ1n) is 21.4. The smallest absolute Gasteiger partial charge is 0.303 e. The summed E-state index contributed by atoms with van der Waals surface area (Å²) in [5.41, 5.74) is 9.29. The lowest BCUT2D eigenvalue weighted by atomic mass is 10.0. The van der Waals surface area contributed by atoms with Gasteiger partial charge >= 0.3 is 5.97 Å². The Bertz CT molecular complexity index is 2680. The number of ketones is 3. The van der Waals surface area contributed by atoms with Crippen molar-refractivity contribution in [2.45, 2.75) is 71.3 Å². The van der Waals surface area contributed by atoms with Crippen molar-refractivity contribution in [3.8, 4) is 22.5 Å². The average Bonchev–Trinajstić information content (AvgIpc) is 3.63. The van der Waals surface area contributed by atoms with Crippen molar-refractivity contribution in [1.82, 2.24) is 20.6 Å². The molecule has 7 rings (SSSR count). The second kappa shape index (κ2) is 26.8. The number of unbranched alkanes of at least 4 members (excludes halogenated alkanes) is 3. The molecule has 2 aromatic heterocycles. The van der Waals surface area contributed by atoms with Crippen molar-refractivity contribution < 1.29 is 33.5 Å². The molecule has 1 aliphatic rings. The Balaban J connectivity index is 0.000000230. The summed E-state index contributed by atoms with van der Waals surface area (Å²) in [6.07, 6.45) is 4.25. The number of nitrogens with two attached hydrogens (primary N) is 1. The van der Waals surface area contributed by atoms with Crippen molar-refractivity contribution in [3.63, 3.8) is 0 Å². The van der Waals surface area contributed by atoms with Crippen molar-refractivity contribution in [3.05, 3.63) is 131 Å². The number of fused-ring (bicyclic) bond motifs is 2. The number of hydrogen-bond acceptors (Lipinski definition) is 12. The van der Waals surface area contributed by atoms with E-state index in [-0.39, 0.29) is 42.0 Å². The van der Waals surface area contributed by atoms with E-state index in [9.17, 15) is 28.8 Å². The van der Waals surface area contributed by atoms with Gasteiger partial charge in [0.05, 0.1) is 11.4 Å². The van der Waals surface area contributed by atoms with Gasteiger partial charge in [-0.25, -0.2) is 9.97 Å². The Morgan fingerprint density at radius 3 is 1.48 bits per heavy atom. The largest absolute Gasteiger partial charge is 0.446 e. The number of Topliss-reactive ketones (excluding diaryl/α,β-unsaturated/α-hetero) is 3. The van der Waals surface area contributed by atoms with Crippen LogP contribution in [0.4, 0.5) is 0 Å². The molecule has 0 radical (unpaired) electrons. The van der Waals surface area contributed by atoms with E-state index in [4.69, 9.17) is 39.7 Å². The van der Waals surface area contributed by atoms with Gasteiger partial charge in [0, 0.05) is 82.0 Å². The van der Waals surface area contributed by atoms with E-state index in [1.54, 1.807) is 13.0 Å². The molecule has 0 saturated heterocycles. The van der Waals surface area contributed by atoms with Crippen LogP contribution >= 0.6 is 23.2 Å². The number of hydrogen-bond donors (Lipinski definition) is 3. The number of halogens is 2. The molecule has 0 atom stereocenters. The molecular weight excluding hydrogens is 881 g/mol. The van der Waals surface area contributed by atoms with Gasteiger partial charge in [-0.05, 0) is 74.2 Å². The maximum absolute atomic E-state index is 12.6. The number of carbonyl (C=O) groups is 6. The summed E-state index contributed by atoms with van der Waals surface area (Å²) in [7, 11) is 0. The second-order valence-electron chi connectivity index (χ2n) is 15.1. The number of esters is 1. The first kappa shape index (κ1) is 51.7. The van der Waals surface area contributed by atoms with Crippen LogP contribution in [0.1, 0.15) is 86.2 Å². The Morgan fingerprint density at radius 1 is 0.636 bits per heavy atom. The molecule has 0 bridgehead atoms. The number of ether oxygens (including phenoxy) is 1. The van der Waals surface area contributed by atoms with Gasteiger partial charge in [0.15, 0.2) is 11.6 Å². The molecule has 4 N–H and O–H groups in total. The van der Waals surface area contributed by atoms with Gasteiger partial charge in [-0.15, -0.1) is 0 Å². The Labute approximate surface area is 393 Å². The van der Waals surface area contributed by atoms with E-state index < -0.39 is 12.1 Å². The maximum Gasteiger partial charge on any atom is 0.303 e. The number of nitrogens with one attached hydrogen (secondary N) is 2. The standard InChI is InChI=1S/C23H23ClN2O2.C20H20ClN3O.C7H8O4.N2/c1-16(27)9-3-2-8-14-25-23(28)21-15-17-10-4-5-11-18(17)22(26-21)19-12-6-7-13-20(19)24;21-17-10-4-3-9-16(17)19-15-8-2-1-7-14(15)13-18(24-19)20(25)23-12-6-5-11-22;1-4(8)11-7-5(9)2-3-6(7)10;1-2/h4-7,10-13,15H,2-3,8-9,14H2,1H3,(H,25,28);1-4,7-10,13H,5-6,11-12,22H2,(H,23,25);7H,2-3H2,1H3;. The summed E-state index contributed by atoms with van der Waals surface area (Å²) in [4.78, 5) is 77.3. The molecule has 2 amide bonds. The van der Waals surface area contributed by atoms with Crippen LogP contribution in [0.3, 0.4) is 0 Å². The van der Waals surface area contributed by atoms with Gasteiger partial charge in [-0.3, -0.25) is 24.0 Å². The van der Waals surface area contributed by atoms with Gasteiger partial charge in [-0.2, -0.15) is 0 Å². The van der Waals surface area contributed by atoms with Crippen LogP contribution in [0.25, 0.3) is 44.1 Å². The van der Waals surface area contributed by atoms with Crippen LogP contribution in [-0.4, -0.2) is 70.8 Å². The van der Waals surface area contributed by atoms with E-state index in [0.29, 0.717) is 53.2 Å². The lowest BCUT2D eigenvalue weighted by Crippen LogP contribution is -2.27. The Morgan fingerprint density at radius 2 is 1.06 bits per heavy atom. The van der Waals surface area contributed by atoms with Gasteiger partial charge < -0.3 is 25.9 Å². The summed E-state index contributed by atoms with van der Waals surface area (Å²) in [5.74, 6) is -1.34. The molecule has 0 spiro atoms. The average molecular weight is 933 g/mol. The highest BCUT2D eigenvalue weighted by Crippen LogP contribution is 2.34. The quantitative estimate of drug-likeness (QED) is 0.0378. The van der Waals surface area contributed by atoms with E-state index in [1.807, 2.05) is 103 Å².